The van der Waals surface area contributed by atoms with E-state index in [9.17, 15) is 4.79 Å². The minimum absolute atomic E-state index is 0.105. The third-order valence-corrected chi connectivity index (χ3v) is 3.30. The Morgan fingerprint density at radius 3 is 3.07 bits per heavy atom. The molecule has 0 aromatic carbocycles. The van der Waals surface area contributed by atoms with Crippen molar-refractivity contribution in [2.24, 2.45) is 0 Å². The van der Waals surface area contributed by atoms with E-state index in [1.807, 2.05) is 11.8 Å². The lowest BCUT2D eigenvalue weighted by atomic mass is 10.2. The Morgan fingerprint density at radius 2 is 2.40 bits per heavy atom. The quantitative estimate of drug-likeness (QED) is 0.539. The van der Waals surface area contributed by atoms with Gasteiger partial charge in [-0.25, -0.2) is 0 Å². The van der Waals surface area contributed by atoms with Gasteiger partial charge in [0.15, 0.2) is 0 Å². The number of thioether (sulfide) groups is 1. The van der Waals surface area contributed by atoms with E-state index in [4.69, 9.17) is 9.47 Å². The number of ether oxygens (including phenoxy) is 2. The van der Waals surface area contributed by atoms with E-state index < -0.39 is 0 Å². The second-order valence-corrected chi connectivity index (χ2v) is 4.65. The van der Waals surface area contributed by atoms with Crippen molar-refractivity contribution >= 4 is 17.7 Å². The molecule has 0 aliphatic carbocycles. The van der Waals surface area contributed by atoms with E-state index in [2.05, 4.69) is 5.32 Å². The third kappa shape index (κ3) is 6.02. The van der Waals surface area contributed by atoms with Crippen molar-refractivity contribution in [3.8, 4) is 0 Å². The van der Waals surface area contributed by atoms with Crippen LogP contribution in [-0.2, 0) is 14.3 Å². The van der Waals surface area contributed by atoms with Crippen LogP contribution in [0.15, 0.2) is 0 Å². The summed E-state index contributed by atoms with van der Waals surface area (Å²) in [5, 5.41) is 3.31. The molecule has 1 saturated heterocycles. The van der Waals surface area contributed by atoms with Crippen LogP contribution in [0, 0.1) is 0 Å². The van der Waals surface area contributed by atoms with E-state index in [1.165, 1.54) is 0 Å². The Morgan fingerprint density at radius 1 is 1.53 bits per heavy atom. The highest BCUT2D eigenvalue weighted by Crippen LogP contribution is 2.10. The normalized spacial score (nSPS) is 21.3. The highest BCUT2D eigenvalue weighted by Gasteiger charge is 2.17. The molecule has 1 aliphatic rings. The maximum atomic E-state index is 11.4. The second-order valence-electron chi connectivity index (χ2n) is 3.50. The van der Waals surface area contributed by atoms with Gasteiger partial charge in [-0.05, 0) is 0 Å². The number of hydrogen-bond donors (Lipinski definition) is 1. The first-order valence-corrected chi connectivity index (χ1v) is 6.44. The Hall–Kier alpha value is -0.260. The van der Waals surface area contributed by atoms with Gasteiger partial charge < -0.3 is 14.8 Å². The van der Waals surface area contributed by atoms with Gasteiger partial charge in [0.1, 0.15) is 0 Å². The molecule has 5 heteroatoms. The molecule has 1 rings (SSSR count). The van der Waals surface area contributed by atoms with Crippen LogP contribution in [0.3, 0.4) is 0 Å². The summed E-state index contributed by atoms with van der Waals surface area (Å²) >= 11 is 1.89. The zero-order chi connectivity index (χ0) is 10.9. The van der Waals surface area contributed by atoms with Gasteiger partial charge in [-0.1, -0.05) is 0 Å². The fraction of sp³-hybridized carbons (Fsp3) is 0.900. The Balaban J connectivity index is 2.01. The highest BCUT2D eigenvalue weighted by atomic mass is 32.2. The van der Waals surface area contributed by atoms with Crippen LogP contribution in [0.2, 0.25) is 0 Å². The van der Waals surface area contributed by atoms with E-state index in [0.29, 0.717) is 25.7 Å². The maximum Gasteiger partial charge on any atom is 0.307 e. The fourth-order valence-corrected chi connectivity index (χ4v) is 2.35. The Kier molecular flexibility index (Phi) is 6.80. The molecule has 0 amide bonds. The van der Waals surface area contributed by atoms with E-state index in [-0.39, 0.29) is 5.97 Å². The smallest absolute Gasteiger partial charge is 0.307 e. The average molecular weight is 233 g/mol. The molecule has 88 valence electrons. The van der Waals surface area contributed by atoms with Crippen LogP contribution in [0.1, 0.15) is 12.8 Å². The van der Waals surface area contributed by atoms with Gasteiger partial charge in [-0.15, -0.1) is 0 Å². The minimum Gasteiger partial charge on any atom is -0.466 e. The Bertz CT molecular complexity index is 184. The zero-order valence-corrected chi connectivity index (χ0v) is 9.98. The number of methoxy groups -OCH3 is 1. The predicted octanol–water partition coefficient (Wildman–Crippen LogP) is 0.661. The number of hydrogen-bond acceptors (Lipinski definition) is 5. The lowest BCUT2D eigenvalue weighted by Crippen LogP contribution is -2.39. The SMILES string of the molecule is COCCCOC(=O)CC1CSCCN1. The molecule has 1 atom stereocenters. The lowest BCUT2D eigenvalue weighted by molar-refractivity contribution is -0.144. The summed E-state index contributed by atoms with van der Waals surface area (Å²) in [6.07, 6.45) is 1.26. The van der Waals surface area contributed by atoms with Crippen LogP contribution in [0.5, 0.6) is 0 Å². The summed E-state index contributed by atoms with van der Waals surface area (Å²) in [4.78, 5) is 11.4. The van der Waals surface area contributed by atoms with Crippen LogP contribution < -0.4 is 5.32 Å². The second kappa shape index (κ2) is 7.96. The van der Waals surface area contributed by atoms with Crippen LogP contribution >= 0.6 is 11.8 Å². The molecule has 1 N–H and O–H groups in total. The van der Waals surface area contributed by atoms with Crippen molar-refractivity contribution in [1.29, 1.82) is 0 Å². The molecule has 1 aliphatic heterocycles. The summed E-state index contributed by atoms with van der Waals surface area (Å²) < 4.78 is 9.95. The summed E-state index contributed by atoms with van der Waals surface area (Å²) in [5.41, 5.74) is 0. The van der Waals surface area contributed by atoms with Gasteiger partial charge in [-0.3, -0.25) is 4.79 Å². The summed E-state index contributed by atoms with van der Waals surface area (Å²) in [6.45, 7) is 2.10. The average Bonchev–Trinajstić information content (AvgIpc) is 2.26. The molecule has 15 heavy (non-hydrogen) atoms. The van der Waals surface area contributed by atoms with E-state index in [0.717, 1.165) is 24.5 Å². The van der Waals surface area contributed by atoms with Crippen LogP contribution in [0.25, 0.3) is 0 Å². The van der Waals surface area contributed by atoms with Gasteiger partial charge in [0, 0.05) is 44.2 Å². The first-order valence-electron chi connectivity index (χ1n) is 5.28. The summed E-state index contributed by atoms with van der Waals surface area (Å²) in [6, 6.07) is 0.290. The van der Waals surface area contributed by atoms with Gasteiger partial charge in [-0.2, -0.15) is 11.8 Å². The highest BCUT2D eigenvalue weighted by molar-refractivity contribution is 7.99. The van der Waals surface area contributed by atoms with Crippen LogP contribution in [-0.4, -0.2) is 50.4 Å². The molecule has 0 radical (unpaired) electrons. The van der Waals surface area contributed by atoms with E-state index in [1.54, 1.807) is 7.11 Å². The molecule has 0 bridgehead atoms. The van der Waals surface area contributed by atoms with Crippen molar-refractivity contribution in [3.63, 3.8) is 0 Å². The largest absolute Gasteiger partial charge is 0.466 e. The van der Waals surface area contributed by atoms with Gasteiger partial charge in [0.2, 0.25) is 0 Å². The molecule has 4 nitrogen and oxygen atoms in total. The minimum atomic E-state index is -0.105. The first kappa shape index (κ1) is 12.8. The monoisotopic (exact) mass is 233 g/mol. The molecule has 0 aromatic heterocycles. The van der Waals surface area contributed by atoms with Crippen molar-refractivity contribution < 1.29 is 14.3 Å². The summed E-state index contributed by atoms with van der Waals surface area (Å²) in [5.74, 6) is 2.04. The molecule has 0 aromatic rings. The van der Waals surface area contributed by atoms with Crippen molar-refractivity contribution in [2.45, 2.75) is 18.9 Å². The topological polar surface area (TPSA) is 47.6 Å². The molecule has 1 unspecified atom stereocenters. The van der Waals surface area contributed by atoms with Gasteiger partial charge in [0.05, 0.1) is 13.0 Å². The molecular formula is C10H19NO3S. The zero-order valence-electron chi connectivity index (χ0n) is 9.16. The standard InChI is InChI=1S/C10H19NO3S/c1-13-4-2-5-14-10(12)7-9-8-15-6-3-11-9/h9,11H,2-8H2,1H3. The molecular weight excluding hydrogens is 214 g/mol. The lowest BCUT2D eigenvalue weighted by Gasteiger charge is -2.22. The van der Waals surface area contributed by atoms with Gasteiger partial charge >= 0.3 is 5.97 Å². The number of carbonyl (C=O) groups is 1. The molecule has 0 saturated carbocycles. The molecule has 0 spiro atoms. The van der Waals surface area contributed by atoms with Crippen molar-refractivity contribution in [3.05, 3.63) is 0 Å². The Labute approximate surface area is 95.1 Å². The van der Waals surface area contributed by atoms with Gasteiger partial charge in [0.25, 0.3) is 0 Å². The van der Waals surface area contributed by atoms with Crippen molar-refractivity contribution in [1.82, 2.24) is 5.32 Å². The third-order valence-electron chi connectivity index (χ3n) is 2.17. The number of rotatable bonds is 6. The van der Waals surface area contributed by atoms with Crippen LogP contribution in [0.4, 0.5) is 0 Å². The summed E-state index contributed by atoms with van der Waals surface area (Å²) in [7, 11) is 1.64. The predicted molar refractivity (Wildman–Crippen MR) is 61.2 cm³/mol. The molecule has 1 heterocycles. The number of nitrogens with one attached hydrogen (secondary N) is 1. The molecule has 1 fully saturated rings. The van der Waals surface area contributed by atoms with Crippen molar-refractivity contribution in [2.75, 3.05) is 38.4 Å². The van der Waals surface area contributed by atoms with E-state index >= 15 is 0 Å². The first-order chi connectivity index (χ1) is 7.33. The number of carbonyl (C=O) groups excluding carboxylic acids is 1. The fourth-order valence-electron chi connectivity index (χ4n) is 1.40. The number of esters is 1. The maximum absolute atomic E-state index is 11.4.